The van der Waals surface area contributed by atoms with Crippen molar-refractivity contribution in [2.24, 2.45) is 0 Å². The maximum Gasteiger partial charge on any atom is 0.307 e. The largest absolute Gasteiger partial charge is 0.494 e. The van der Waals surface area contributed by atoms with E-state index in [1.165, 1.54) is 37.4 Å². The van der Waals surface area contributed by atoms with Crippen LogP contribution < -0.4 is 14.2 Å². The molecule has 0 heterocycles. The normalized spacial score (nSPS) is 11.1. The summed E-state index contributed by atoms with van der Waals surface area (Å²) in [6.07, 6.45) is -0.336. The summed E-state index contributed by atoms with van der Waals surface area (Å²) in [7, 11) is -2.42. The molecule has 8 nitrogen and oxygen atoms in total. The topological polar surface area (TPSA) is 108 Å². The summed E-state index contributed by atoms with van der Waals surface area (Å²) in [5.74, 6) is 0.858. The first-order valence-electron chi connectivity index (χ1n) is 10.5. The molecule has 0 fully saturated rings. The maximum absolute atomic E-state index is 13.3. The number of carboxylic acid groups (broad SMARTS) is 1. The lowest BCUT2D eigenvalue weighted by Gasteiger charge is -2.12. The number of hydrogen-bond acceptors (Lipinski definition) is 7. The molecule has 180 valence electrons. The third-order valence-electron chi connectivity index (χ3n) is 4.65. The van der Waals surface area contributed by atoms with Gasteiger partial charge >= 0.3 is 5.97 Å². The minimum Gasteiger partial charge on any atom is -0.494 e. The minimum atomic E-state index is -3.93. The van der Waals surface area contributed by atoms with E-state index >= 15 is 0 Å². The van der Waals surface area contributed by atoms with Crippen LogP contribution in [0.15, 0.2) is 76.5 Å². The SMILES string of the molecule is CCOc1cccc(Oc2ccc(S(=O)(=O)c3cc(CC(=O)O)cc(OCCOC)c3)cc2)c1. The lowest BCUT2D eigenvalue weighted by molar-refractivity contribution is -0.136. The highest BCUT2D eigenvalue weighted by atomic mass is 32.2. The van der Waals surface area contributed by atoms with Crippen molar-refractivity contribution < 1.29 is 37.3 Å². The van der Waals surface area contributed by atoms with E-state index in [4.69, 9.17) is 24.1 Å². The molecule has 34 heavy (non-hydrogen) atoms. The van der Waals surface area contributed by atoms with Gasteiger partial charge in [-0.25, -0.2) is 8.42 Å². The Bertz CT molecular complexity index is 1220. The fourth-order valence-electron chi connectivity index (χ4n) is 3.14. The van der Waals surface area contributed by atoms with Crippen LogP contribution in [0.1, 0.15) is 12.5 Å². The number of benzene rings is 3. The number of aliphatic carboxylic acids is 1. The van der Waals surface area contributed by atoms with Gasteiger partial charge in [0.2, 0.25) is 9.84 Å². The number of hydrogen-bond donors (Lipinski definition) is 1. The van der Waals surface area contributed by atoms with Gasteiger partial charge in [-0.1, -0.05) is 6.07 Å². The van der Waals surface area contributed by atoms with Gasteiger partial charge in [0, 0.05) is 13.2 Å². The standard InChI is InChI=1S/C25H26O8S/c1-3-31-20-5-4-6-21(16-20)33-19-7-9-23(10-8-19)34(28,29)24-14-18(15-25(26)27)13-22(17-24)32-12-11-30-2/h4-10,13-14,16-17H,3,11-12,15H2,1-2H3,(H,26,27). The molecular formula is C25H26O8S. The lowest BCUT2D eigenvalue weighted by atomic mass is 10.1. The van der Waals surface area contributed by atoms with Crippen LogP contribution >= 0.6 is 0 Å². The second-order valence-corrected chi connectivity index (χ2v) is 9.16. The monoisotopic (exact) mass is 486 g/mol. The van der Waals surface area contributed by atoms with Gasteiger partial charge in [-0.15, -0.1) is 0 Å². The fourth-order valence-corrected chi connectivity index (χ4v) is 4.49. The van der Waals surface area contributed by atoms with Crippen LogP contribution in [0.25, 0.3) is 0 Å². The van der Waals surface area contributed by atoms with E-state index in [-0.39, 0.29) is 28.6 Å². The van der Waals surface area contributed by atoms with Gasteiger partial charge in [-0.2, -0.15) is 0 Å². The van der Waals surface area contributed by atoms with Gasteiger partial charge in [0.25, 0.3) is 0 Å². The molecule has 0 aliphatic heterocycles. The zero-order chi connectivity index (χ0) is 24.6. The number of sulfone groups is 1. The van der Waals surface area contributed by atoms with E-state index in [1.54, 1.807) is 30.3 Å². The Morgan fingerprint density at radius 1 is 0.824 bits per heavy atom. The smallest absolute Gasteiger partial charge is 0.307 e. The third-order valence-corrected chi connectivity index (χ3v) is 6.40. The predicted octanol–water partition coefficient (Wildman–Crippen LogP) is 4.36. The van der Waals surface area contributed by atoms with Crippen LogP contribution in [-0.2, 0) is 25.8 Å². The molecule has 0 radical (unpaired) electrons. The molecule has 3 aromatic carbocycles. The Morgan fingerprint density at radius 2 is 1.56 bits per heavy atom. The van der Waals surface area contributed by atoms with Crippen molar-refractivity contribution in [2.75, 3.05) is 26.9 Å². The van der Waals surface area contributed by atoms with Crippen LogP contribution in [0.2, 0.25) is 0 Å². The molecule has 0 unspecified atom stereocenters. The Kier molecular flexibility index (Phi) is 8.50. The molecule has 3 aromatic rings. The first-order valence-corrected chi connectivity index (χ1v) is 12.0. The summed E-state index contributed by atoms with van der Waals surface area (Å²) in [6.45, 7) is 2.92. The molecule has 3 rings (SSSR count). The Labute approximate surface area is 198 Å². The predicted molar refractivity (Wildman–Crippen MR) is 125 cm³/mol. The average molecular weight is 487 g/mol. The van der Waals surface area contributed by atoms with Gasteiger partial charge in [-0.05, 0) is 67.1 Å². The van der Waals surface area contributed by atoms with Crippen molar-refractivity contribution in [3.05, 3.63) is 72.3 Å². The van der Waals surface area contributed by atoms with Crippen molar-refractivity contribution >= 4 is 15.8 Å². The van der Waals surface area contributed by atoms with E-state index in [2.05, 4.69) is 0 Å². The van der Waals surface area contributed by atoms with Gasteiger partial charge in [0.1, 0.15) is 29.6 Å². The van der Waals surface area contributed by atoms with Crippen LogP contribution in [0.4, 0.5) is 0 Å². The van der Waals surface area contributed by atoms with E-state index < -0.39 is 15.8 Å². The Hall–Kier alpha value is -3.56. The third kappa shape index (κ3) is 6.72. The average Bonchev–Trinajstić information content (AvgIpc) is 2.79. The van der Waals surface area contributed by atoms with Crippen molar-refractivity contribution in [3.8, 4) is 23.0 Å². The summed E-state index contributed by atoms with van der Waals surface area (Å²) in [5, 5.41) is 9.15. The highest BCUT2D eigenvalue weighted by molar-refractivity contribution is 7.91. The molecule has 0 aromatic heterocycles. The molecule has 0 atom stereocenters. The van der Waals surface area contributed by atoms with Crippen LogP contribution in [0.5, 0.6) is 23.0 Å². The number of ether oxygens (including phenoxy) is 4. The Balaban J connectivity index is 1.85. The van der Waals surface area contributed by atoms with Crippen molar-refractivity contribution in [1.29, 1.82) is 0 Å². The van der Waals surface area contributed by atoms with E-state index in [0.717, 1.165) is 0 Å². The summed E-state index contributed by atoms with van der Waals surface area (Å²) in [5.41, 5.74) is 0.315. The molecule has 0 spiro atoms. The molecule has 0 saturated heterocycles. The lowest BCUT2D eigenvalue weighted by Crippen LogP contribution is -2.08. The highest BCUT2D eigenvalue weighted by Gasteiger charge is 2.20. The van der Waals surface area contributed by atoms with Gasteiger partial charge < -0.3 is 24.1 Å². The van der Waals surface area contributed by atoms with Gasteiger partial charge in [-0.3, -0.25) is 4.79 Å². The second kappa shape index (κ2) is 11.5. The second-order valence-electron chi connectivity index (χ2n) is 7.21. The first-order chi connectivity index (χ1) is 16.3. The molecule has 0 saturated carbocycles. The van der Waals surface area contributed by atoms with Crippen molar-refractivity contribution in [1.82, 2.24) is 0 Å². The quantitative estimate of drug-likeness (QED) is 0.376. The van der Waals surface area contributed by atoms with Crippen molar-refractivity contribution in [2.45, 2.75) is 23.1 Å². The summed E-state index contributed by atoms with van der Waals surface area (Å²) < 4.78 is 48.3. The van der Waals surface area contributed by atoms with Crippen LogP contribution in [0.3, 0.4) is 0 Å². The van der Waals surface area contributed by atoms with Crippen LogP contribution in [0, 0.1) is 0 Å². The first kappa shape index (κ1) is 25.1. The van der Waals surface area contributed by atoms with E-state index in [1.807, 2.05) is 13.0 Å². The van der Waals surface area contributed by atoms with E-state index in [9.17, 15) is 13.2 Å². The molecule has 1 N–H and O–H groups in total. The summed E-state index contributed by atoms with van der Waals surface area (Å²) in [6, 6.07) is 17.3. The number of carbonyl (C=O) groups is 1. The number of methoxy groups -OCH3 is 1. The molecule has 0 bridgehead atoms. The zero-order valence-electron chi connectivity index (χ0n) is 18.9. The molecule has 0 aliphatic carbocycles. The number of carboxylic acids is 1. The van der Waals surface area contributed by atoms with Gasteiger partial charge in [0.15, 0.2) is 0 Å². The van der Waals surface area contributed by atoms with Crippen LogP contribution in [-0.4, -0.2) is 46.4 Å². The van der Waals surface area contributed by atoms with Crippen molar-refractivity contribution in [3.63, 3.8) is 0 Å². The highest BCUT2D eigenvalue weighted by Crippen LogP contribution is 2.30. The molecular weight excluding hydrogens is 460 g/mol. The molecule has 9 heteroatoms. The number of rotatable bonds is 12. The van der Waals surface area contributed by atoms with Gasteiger partial charge in [0.05, 0.1) is 29.4 Å². The maximum atomic E-state index is 13.3. The molecule has 0 amide bonds. The minimum absolute atomic E-state index is 0.0400. The molecule has 0 aliphatic rings. The zero-order valence-corrected chi connectivity index (χ0v) is 19.7. The van der Waals surface area contributed by atoms with E-state index in [0.29, 0.717) is 36.0 Å². The summed E-state index contributed by atoms with van der Waals surface area (Å²) in [4.78, 5) is 11.2. The summed E-state index contributed by atoms with van der Waals surface area (Å²) >= 11 is 0. The fraction of sp³-hybridized carbons (Fsp3) is 0.240. The Morgan fingerprint density at radius 3 is 2.24 bits per heavy atom.